The summed E-state index contributed by atoms with van der Waals surface area (Å²) in [5, 5.41) is 0. The quantitative estimate of drug-likeness (QED) is 0.890. The predicted octanol–water partition coefficient (Wildman–Crippen LogP) is 4.35. The van der Waals surface area contributed by atoms with E-state index in [0.29, 0.717) is 0 Å². The van der Waals surface area contributed by atoms with E-state index in [1.807, 2.05) is 19.1 Å². The van der Waals surface area contributed by atoms with Gasteiger partial charge in [0.1, 0.15) is 5.75 Å². The van der Waals surface area contributed by atoms with E-state index in [9.17, 15) is 0 Å². The largest absolute Gasteiger partial charge is 0.497 e. The smallest absolute Gasteiger partial charge is 0.118 e. The summed E-state index contributed by atoms with van der Waals surface area (Å²) in [6, 6.07) is 10.3. The molecule has 2 N–H and O–H groups in total. The first kappa shape index (κ1) is 14.4. The maximum Gasteiger partial charge on any atom is 0.118 e. The van der Waals surface area contributed by atoms with Crippen LogP contribution in [0.2, 0.25) is 4.34 Å². The van der Waals surface area contributed by atoms with Crippen LogP contribution in [0.25, 0.3) is 0 Å². The first-order chi connectivity index (χ1) is 9.10. The van der Waals surface area contributed by atoms with Crippen molar-refractivity contribution in [3.63, 3.8) is 0 Å². The Bertz CT molecular complexity index is 516. The van der Waals surface area contributed by atoms with Crippen LogP contribution < -0.4 is 10.5 Å². The number of methoxy groups -OCH3 is 1. The monoisotopic (exact) mass is 295 g/mol. The summed E-state index contributed by atoms with van der Waals surface area (Å²) in [7, 11) is 1.67. The third kappa shape index (κ3) is 3.72. The second-order valence-corrected chi connectivity index (χ2v) is 6.28. The number of aryl methyl sites for hydroxylation is 2. The van der Waals surface area contributed by atoms with Gasteiger partial charge in [-0.15, -0.1) is 11.3 Å². The summed E-state index contributed by atoms with van der Waals surface area (Å²) in [6.07, 6.45) is 1.88. The molecule has 19 heavy (non-hydrogen) atoms. The predicted molar refractivity (Wildman–Crippen MR) is 82.3 cm³/mol. The SMILES string of the molecule is COc1ccc(CCC(N)c2cc(C)c(Cl)s2)cc1. The highest BCUT2D eigenvalue weighted by Gasteiger charge is 2.11. The molecule has 0 fully saturated rings. The van der Waals surface area contributed by atoms with Crippen LogP contribution in [-0.4, -0.2) is 7.11 Å². The Morgan fingerprint density at radius 3 is 2.53 bits per heavy atom. The minimum absolute atomic E-state index is 0.0540. The van der Waals surface area contributed by atoms with Crippen LogP contribution in [-0.2, 0) is 6.42 Å². The molecule has 1 aromatic heterocycles. The van der Waals surface area contributed by atoms with Gasteiger partial charge < -0.3 is 10.5 Å². The molecular weight excluding hydrogens is 278 g/mol. The standard InChI is InChI=1S/C15H18ClNOS/c1-10-9-14(19-15(10)16)13(17)8-5-11-3-6-12(18-2)7-4-11/h3-4,6-7,9,13H,5,8,17H2,1-2H3. The lowest BCUT2D eigenvalue weighted by Crippen LogP contribution is -2.09. The lowest BCUT2D eigenvalue weighted by Gasteiger charge is -2.09. The number of benzene rings is 1. The third-order valence-corrected chi connectivity index (χ3v) is 4.83. The molecule has 1 atom stereocenters. The first-order valence-corrected chi connectivity index (χ1v) is 7.44. The van der Waals surface area contributed by atoms with Crippen molar-refractivity contribution in [2.75, 3.05) is 7.11 Å². The maximum atomic E-state index is 6.21. The first-order valence-electron chi connectivity index (χ1n) is 6.24. The van der Waals surface area contributed by atoms with Gasteiger partial charge in [-0.05, 0) is 49.1 Å². The van der Waals surface area contributed by atoms with Crippen molar-refractivity contribution >= 4 is 22.9 Å². The highest BCUT2D eigenvalue weighted by molar-refractivity contribution is 7.16. The molecule has 0 spiro atoms. The van der Waals surface area contributed by atoms with Crippen LogP contribution in [0.5, 0.6) is 5.75 Å². The lowest BCUT2D eigenvalue weighted by molar-refractivity contribution is 0.414. The van der Waals surface area contributed by atoms with Crippen molar-refractivity contribution in [1.29, 1.82) is 0 Å². The Morgan fingerprint density at radius 2 is 2.00 bits per heavy atom. The Morgan fingerprint density at radius 1 is 1.32 bits per heavy atom. The molecule has 102 valence electrons. The van der Waals surface area contributed by atoms with Crippen LogP contribution in [0.3, 0.4) is 0 Å². The van der Waals surface area contributed by atoms with Crippen molar-refractivity contribution < 1.29 is 4.74 Å². The normalized spacial score (nSPS) is 12.4. The molecule has 0 aliphatic rings. The van der Waals surface area contributed by atoms with Crippen molar-refractivity contribution in [1.82, 2.24) is 0 Å². The van der Waals surface area contributed by atoms with Gasteiger partial charge in [-0.25, -0.2) is 0 Å². The van der Waals surface area contributed by atoms with Gasteiger partial charge in [0.15, 0.2) is 0 Å². The van der Waals surface area contributed by atoms with Crippen LogP contribution in [0, 0.1) is 6.92 Å². The molecule has 2 aromatic rings. The van der Waals surface area contributed by atoms with E-state index in [1.165, 1.54) is 5.56 Å². The molecule has 0 aliphatic heterocycles. The fourth-order valence-corrected chi connectivity index (χ4v) is 3.18. The van der Waals surface area contributed by atoms with Gasteiger partial charge in [0, 0.05) is 10.9 Å². The van der Waals surface area contributed by atoms with Gasteiger partial charge in [0.05, 0.1) is 11.4 Å². The third-order valence-electron chi connectivity index (χ3n) is 3.14. The van der Waals surface area contributed by atoms with E-state index in [2.05, 4.69) is 18.2 Å². The Hall–Kier alpha value is -1.03. The molecule has 4 heteroatoms. The molecule has 0 bridgehead atoms. The van der Waals surface area contributed by atoms with E-state index in [0.717, 1.165) is 33.4 Å². The second kappa shape index (κ2) is 6.42. The van der Waals surface area contributed by atoms with Crippen molar-refractivity contribution in [3.05, 3.63) is 50.7 Å². The molecule has 0 amide bonds. The summed E-state index contributed by atoms with van der Waals surface area (Å²) < 4.78 is 5.98. The van der Waals surface area contributed by atoms with Crippen LogP contribution in [0.4, 0.5) is 0 Å². The number of nitrogens with two attached hydrogens (primary N) is 1. The summed E-state index contributed by atoms with van der Waals surface area (Å²) in [6.45, 7) is 2.01. The van der Waals surface area contributed by atoms with Gasteiger partial charge in [0.25, 0.3) is 0 Å². The van der Waals surface area contributed by atoms with Crippen molar-refractivity contribution in [3.8, 4) is 5.75 Å². The number of thiophene rings is 1. The Kier molecular flexibility index (Phi) is 4.86. The average molecular weight is 296 g/mol. The zero-order valence-electron chi connectivity index (χ0n) is 11.2. The highest BCUT2D eigenvalue weighted by atomic mass is 35.5. The number of hydrogen-bond donors (Lipinski definition) is 1. The molecule has 2 rings (SSSR count). The van der Waals surface area contributed by atoms with Gasteiger partial charge >= 0.3 is 0 Å². The summed E-state index contributed by atoms with van der Waals surface area (Å²) in [5.41, 5.74) is 8.59. The van der Waals surface area contributed by atoms with Crippen molar-refractivity contribution in [2.24, 2.45) is 5.73 Å². The van der Waals surface area contributed by atoms with E-state index in [-0.39, 0.29) is 6.04 Å². The Labute approximate surface area is 123 Å². The number of ether oxygens (including phenoxy) is 1. The van der Waals surface area contributed by atoms with Gasteiger partial charge in [-0.2, -0.15) is 0 Å². The molecule has 0 radical (unpaired) electrons. The zero-order chi connectivity index (χ0) is 13.8. The Balaban J connectivity index is 1.94. The van der Waals surface area contributed by atoms with Crippen molar-refractivity contribution in [2.45, 2.75) is 25.8 Å². The molecule has 0 saturated carbocycles. The number of rotatable bonds is 5. The fourth-order valence-electron chi connectivity index (χ4n) is 1.92. The topological polar surface area (TPSA) is 35.2 Å². The van der Waals surface area contributed by atoms with E-state index < -0.39 is 0 Å². The zero-order valence-corrected chi connectivity index (χ0v) is 12.7. The van der Waals surface area contributed by atoms with Gasteiger partial charge in [-0.1, -0.05) is 23.7 Å². The highest BCUT2D eigenvalue weighted by Crippen LogP contribution is 2.31. The number of halogens is 1. The summed E-state index contributed by atoms with van der Waals surface area (Å²) >= 11 is 7.66. The number of hydrogen-bond acceptors (Lipinski definition) is 3. The summed E-state index contributed by atoms with van der Waals surface area (Å²) in [5.74, 6) is 0.883. The van der Waals surface area contributed by atoms with E-state index in [1.54, 1.807) is 18.4 Å². The van der Waals surface area contributed by atoms with Gasteiger partial charge in [0.2, 0.25) is 0 Å². The minimum Gasteiger partial charge on any atom is -0.497 e. The molecule has 0 saturated heterocycles. The summed E-state index contributed by atoms with van der Waals surface area (Å²) in [4.78, 5) is 1.16. The van der Waals surface area contributed by atoms with Gasteiger partial charge in [-0.3, -0.25) is 0 Å². The molecular formula is C15H18ClNOS. The maximum absolute atomic E-state index is 6.21. The molecule has 1 unspecified atom stereocenters. The molecule has 1 aromatic carbocycles. The second-order valence-electron chi connectivity index (χ2n) is 4.60. The minimum atomic E-state index is 0.0540. The fraction of sp³-hybridized carbons (Fsp3) is 0.333. The van der Waals surface area contributed by atoms with Crippen LogP contribution >= 0.6 is 22.9 Å². The molecule has 2 nitrogen and oxygen atoms in total. The molecule has 0 aliphatic carbocycles. The van der Waals surface area contributed by atoms with Crippen LogP contribution in [0.15, 0.2) is 30.3 Å². The average Bonchev–Trinajstić information content (AvgIpc) is 2.77. The lowest BCUT2D eigenvalue weighted by atomic mass is 10.0. The van der Waals surface area contributed by atoms with Crippen LogP contribution in [0.1, 0.15) is 28.5 Å². The van der Waals surface area contributed by atoms with E-state index in [4.69, 9.17) is 22.1 Å². The van der Waals surface area contributed by atoms with E-state index >= 15 is 0 Å². The molecule has 1 heterocycles.